The van der Waals surface area contributed by atoms with E-state index in [9.17, 15) is 8.78 Å². The highest BCUT2D eigenvalue weighted by Crippen LogP contribution is 2.09. The number of halogens is 2. The van der Waals surface area contributed by atoms with Crippen molar-refractivity contribution < 1.29 is 8.78 Å². The van der Waals surface area contributed by atoms with Crippen LogP contribution in [0.15, 0.2) is 36.9 Å². The molecule has 0 radical (unpaired) electrons. The number of hydrogen-bond acceptors (Lipinski definition) is 0. The van der Waals surface area contributed by atoms with E-state index in [0.717, 1.165) is 12.1 Å². The molecule has 0 aliphatic heterocycles. The van der Waals surface area contributed by atoms with Crippen molar-refractivity contribution >= 4 is 6.08 Å². The summed E-state index contributed by atoms with van der Waals surface area (Å²) in [5.74, 6) is -1.66. The van der Waals surface area contributed by atoms with Gasteiger partial charge in [0, 0.05) is 0 Å². The Morgan fingerprint density at radius 3 is 2.50 bits per heavy atom. The van der Waals surface area contributed by atoms with E-state index in [-0.39, 0.29) is 0 Å². The van der Waals surface area contributed by atoms with Crippen LogP contribution < -0.4 is 0 Å². The van der Waals surface area contributed by atoms with Crippen LogP contribution in [-0.4, -0.2) is 0 Å². The fourth-order valence-electron chi connectivity index (χ4n) is 0.795. The Bertz CT molecular complexity index is 314. The molecule has 0 heterocycles. The first-order valence-corrected chi connectivity index (χ1v) is 3.48. The SMILES string of the molecule is C=C/C=C/c1ccc(F)c(F)c1. The fourth-order valence-corrected chi connectivity index (χ4v) is 0.795. The van der Waals surface area contributed by atoms with Gasteiger partial charge in [-0.1, -0.05) is 30.9 Å². The Hall–Kier alpha value is -1.44. The Labute approximate surface area is 69.8 Å². The average Bonchev–Trinajstić information content (AvgIpc) is 2.07. The maximum Gasteiger partial charge on any atom is 0.159 e. The quantitative estimate of drug-likeness (QED) is 0.592. The summed E-state index contributed by atoms with van der Waals surface area (Å²) in [7, 11) is 0. The minimum absolute atomic E-state index is 0.619. The molecule has 0 amide bonds. The van der Waals surface area contributed by atoms with Crippen LogP contribution in [0.5, 0.6) is 0 Å². The molecule has 62 valence electrons. The predicted octanol–water partition coefficient (Wildman–Crippen LogP) is 3.16. The molecule has 0 unspecified atom stereocenters. The van der Waals surface area contributed by atoms with Crippen molar-refractivity contribution in [3.63, 3.8) is 0 Å². The van der Waals surface area contributed by atoms with Gasteiger partial charge in [-0.05, 0) is 17.7 Å². The molecule has 12 heavy (non-hydrogen) atoms. The molecular formula is C10H8F2. The van der Waals surface area contributed by atoms with Crippen molar-refractivity contribution in [3.8, 4) is 0 Å². The topological polar surface area (TPSA) is 0 Å². The van der Waals surface area contributed by atoms with Crippen LogP contribution in [0.4, 0.5) is 8.78 Å². The smallest absolute Gasteiger partial charge is 0.159 e. The number of hydrogen-bond donors (Lipinski definition) is 0. The summed E-state index contributed by atoms with van der Waals surface area (Å²) in [6, 6.07) is 3.73. The normalized spacial score (nSPS) is 10.5. The lowest BCUT2D eigenvalue weighted by Crippen LogP contribution is -1.83. The van der Waals surface area contributed by atoms with Crippen LogP contribution in [0, 0.1) is 11.6 Å². The Morgan fingerprint density at radius 2 is 1.92 bits per heavy atom. The van der Waals surface area contributed by atoms with Crippen molar-refractivity contribution in [2.45, 2.75) is 0 Å². The van der Waals surface area contributed by atoms with Gasteiger partial charge in [-0.25, -0.2) is 8.78 Å². The molecule has 0 bridgehead atoms. The zero-order valence-corrected chi connectivity index (χ0v) is 6.43. The minimum atomic E-state index is -0.832. The van der Waals surface area contributed by atoms with Crippen LogP contribution in [0.3, 0.4) is 0 Å². The summed E-state index contributed by atoms with van der Waals surface area (Å²) in [4.78, 5) is 0. The molecule has 2 heteroatoms. The molecule has 0 saturated carbocycles. The summed E-state index contributed by atoms with van der Waals surface area (Å²) in [6.07, 6.45) is 4.88. The molecule has 0 aliphatic carbocycles. The molecule has 0 aromatic heterocycles. The molecule has 1 aromatic rings. The van der Waals surface area contributed by atoms with E-state index >= 15 is 0 Å². The highest BCUT2D eigenvalue weighted by atomic mass is 19.2. The highest BCUT2D eigenvalue weighted by molar-refractivity contribution is 5.50. The van der Waals surface area contributed by atoms with Gasteiger partial charge >= 0.3 is 0 Å². The van der Waals surface area contributed by atoms with E-state index in [2.05, 4.69) is 6.58 Å². The largest absolute Gasteiger partial charge is 0.204 e. The van der Waals surface area contributed by atoms with Gasteiger partial charge in [0.05, 0.1) is 0 Å². The Balaban J connectivity index is 2.96. The van der Waals surface area contributed by atoms with Gasteiger partial charge in [0.1, 0.15) is 0 Å². The van der Waals surface area contributed by atoms with Crippen LogP contribution in [0.2, 0.25) is 0 Å². The second-order valence-corrected chi connectivity index (χ2v) is 2.27. The van der Waals surface area contributed by atoms with Gasteiger partial charge in [0.15, 0.2) is 11.6 Å². The third-order valence-corrected chi connectivity index (χ3v) is 1.37. The van der Waals surface area contributed by atoms with Crippen LogP contribution in [0.25, 0.3) is 6.08 Å². The molecule has 1 rings (SSSR count). The van der Waals surface area contributed by atoms with E-state index in [0.29, 0.717) is 5.56 Å². The zero-order valence-electron chi connectivity index (χ0n) is 6.43. The van der Waals surface area contributed by atoms with Gasteiger partial charge in [0.2, 0.25) is 0 Å². The summed E-state index contributed by atoms with van der Waals surface area (Å²) < 4.78 is 25.0. The van der Waals surface area contributed by atoms with Gasteiger partial charge < -0.3 is 0 Å². The molecule has 0 saturated heterocycles. The summed E-state index contributed by atoms with van der Waals surface area (Å²) >= 11 is 0. The van der Waals surface area contributed by atoms with Crippen LogP contribution in [-0.2, 0) is 0 Å². The van der Waals surface area contributed by atoms with E-state index in [1.165, 1.54) is 6.07 Å². The van der Waals surface area contributed by atoms with Crippen molar-refractivity contribution in [2.24, 2.45) is 0 Å². The molecule has 0 nitrogen and oxygen atoms in total. The monoisotopic (exact) mass is 166 g/mol. The molecule has 0 spiro atoms. The van der Waals surface area contributed by atoms with Crippen molar-refractivity contribution in [3.05, 3.63) is 54.1 Å². The van der Waals surface area contributed by atoms with Crippen LogP contribution >= 0.6 is 0 Å². The Kier molecular flexibility index (Phi) is 2.75. The first kappa shape index (κ1) is 8.65. The van der Waals surface area contributed by atoms with Gasteiger partial charge in [-0.15, -0.1) is 0 Å². The molecule has 0 aliphatic rings. The second kappa shape index (κ2) is 3.81. The predicted molar refractivity (Wildman–Crippen MR) is 45.6 cm³/mol. The third kappa shape index (κ3) is 2.02. The standard InChI is InChI=1S/C10H8F2/c1-2-3-4-8-5-6-9(11)10(12)7-8/h2-7H,1H2/b4-3+. The van der Waals surface area contributed by atoms with E-state index in [4.69, 9.17) is 0 Å². The summed E-state index contributed by atoms with van der Waals surface area (Å²) in [5.41, 5.74) is 0.619. The number of benzene rings is 1. The molecule has 0 N–H and O–H groups in total. The molecule has 1 aromatic carbocycles. The summed E-state index contributed by atoms with van der Waals surface area (Å²) in [5, 5.41) is 0. The molecule has 0 atom stereocenters. The summed E-state index contributed by atoms with van der Waals surface area (Å²) in [6.45, 7) is 3.46. The first-order chi connectivity index (χ1) is 5.74. The van der Waals surface area contributed by atoms with Gasteiger partial charge in [-0.2, -0.15) is 0 Å². The zero-order chi connectivity index (χ0) is 8.97. The second-order valence-electron chi connectivity index (χ2n) is 2.27. The third-order valence-electron chi connectivity index (χ3n) is 1.37. The van der Waals surface area contributed by atoms with E-state index in [1.54, 1.807) is 18.2 Å². The van der Waals surface area contributed by atoms with Crippen molar-refractivity contribution in [1.29, 1.82) is 0 Å². The maximum absolute atomic E-state index is 12.6. The Morgan fingerprint density at radius 1 is 1.17 bits per heavy atom. The maximum atomic E-state index is 12.6. The van der Waals surface area contributed by atoms with Gasteiger partial charge in [0.25, 0.3) is 0 Å². The van der Waals surface area contributed by atoms with E-state index in [1.807, 2.05) is 0 Å². The molecular weight excluding hydrogens is 158 g/mol. The lowest BCUT2D eigenvalue weighted by atomic mass is 10.2. The average molecular weight is 166 g/mol. The van der Waals surface area contributed by atoms with Crippen LogP contribution in [0.1, 0.15) is 5.56 Å². The lowest BCUT2D eigenvalue weighted by molar-refractivity contribution is 0.508. The van der Waals surface area contributed by atoms with Crippen molar-refractivity contribution in [1.82, 2.24) is 0 Å². The first-order valence-electron chi connectivity index (χ1n) is 3.48. The van der Waals surface area contributed by atoms with E-state index < -0.39 is 11.6 Å². The molecule has 0 fully saturated rings. The highest BCUT2D eigenvalue weighted by Gasteiger charge is 1.98. The lowest BCUT2D eigenvalue weighted by Gasteiger charge is -1.93. The minimum Gasteiger partial charge on any atom is -0.204 e. The fraction of sp³-hybridized carbons (Fsp3) is 0. The van der Waals surface area contributed by atoms with Crippen molar-refractivity contribution in [2.75, 3.05) is 0 Å². The van der Waals surface area contributed by atoms with Gasteiger partial charge in [-0.3, -0.25) is 0 Å². The number of allylic oxidation sites excluding steroid dienone is 2. The number of rotatable bonds is 2.